The topological polar surface area (TPSA) is 24.9 Å². The molecule has 0 bridgehead atoms. The summed E-state index contributed by atoms with van der Waals surface area (Å²) in [5.74, 6) is 0.768. The Morgan fingerprint density at radius 3 is 2.77 bits per heavy atom. The molecule has 2 nitrogen and oxygen atoms in total. The SMILES string of the molecule is c1ccc2c(c1)CC[C@@H](CN[C@H]1CCCc3cccnc31)C2. The summed E-state index contributed by atoms with van der Waals surface area (Å²) in [5, 5.41) is 3.82. The van der Waals surface area contributed by atoms with Crippen LogP contribution in [0, 0.1) is 5.92 Å². The van der Waals surface area contributed by atoms with Crippen molar-refractivity contribution in [2.75, 3.05) is 6.54 Å². The Morgan fingerprint density at radius 2 is 1.82 bits per heavy atom. The van der Waals surface area contributed by atoms with Crippen molar-refractivity contribution in [1.82, 2.24) is 10.3 Å². The fourth-order valence-corrected chi connectivity index (χ4v) is 4.06. The molecule has 0 radical (unpaired) electrons. The van der Waals surface area contributed by atoms with Gasteiger partial charge in [0.1, 0.15) is 0 Å². The molecule has 1 N–H and O–H groups in total. The average molecular weight is 292 g/mol. The molecule has 2 aliphatic carbocycles. The van der Waals surface area contributed by atoms with Gasteiger partial charge in [-0.15, -0.1) is 0 Å². The highest BCUT2D eigenvalue weighted by Gasteiger charge is 2.23. The minimum Gasteiger partial charge on any atom is -0.308 e. The van der Waals surface area contributed by atoms with Crippen molar-refractivity contribution in [2.45, 2.75) is 44.6 Å². The van der Waals surface area contributed by atoms with E-state index in [2.05, 4.69) is 46.7 Å². The lowest BCUT2D eigenvalue weighted by Crippen LogP contribution is -2.32. The first-order chi connectivity index (χ1) is 10.9. The van der Waals surface area contributed by atoms with Crippen LogP contribution in [-0.4, -0.2) is 11.5 Å². The molecule has 0 saturated heterocycles. The van der Waals surface area contributed by atoms with Crippen LogP contribution >= 0.6 is 0 Å². The van der Waals surface area contributed by atoms with Crippen LogP contribution in [0.4, 0.5) is 0 Å². The third kappa shape index (κ3) is 2.80. The highest BCUT2D eigenvalue weighted by molar-refractivity contribution is 5.30. The molecule has 2 heteroatoms. The molecular weight excluding hydrogens is 268 g/mol. The van der Waals surface area contributed by atoms with E-state index in [0.717, 1.165) is 12.5 Å². The van der Waals surface area contributed by atoms with Gasteiger partial charge in [-0.05, 0) is 73.7 Å². The summed E-state index contributed by atoms with van der Waals surface area (Å²) >= 11 is 0. The van der Waals surface area contributed by atoms with E-state index in [4.69, 9.17) is 0 Å². The van der Waals surface area contributed by atoms with Crippen molar-refractivity contribution in [3.8, 4) is 0 Å². The second-order valence-corrected chi connectivity index (χ2v) is 6.78. The molecule has 1 heterocycles. The first-order valence-electron chi connectivity index (χ1n) is 8.64. The van der Waals surface area contributed by atoms with Crippen molar-refractivity contribution in [2.24, 2.45) is 5.92 Å². The molecule has 2 aliphatic rings. The summed E-state index contributed by atoms with van der Waals surface area (Å²) in [4.78, 5) is 4.64. The van der Waals surface area contributed by atoms with Crippen LogP contribution in [0.15, 0.2) is 42.6 Å². The third-order valence-corrected chi connectivity index (χ3v) is 5.30. The number of hydrogen-bond acceptors (Lipinski definition) is 2. The van der Waals surface area contributed by atoms with Crippen molar-refractivity contribution < 1.29 is 0 Å². The summed E-state index contributed by atoms with van der Waals surface area (Å²) in [6, 6.07) is 13.7. The van der Waals surface area contributed by atoms with Crippen molar-refractivity contribution >= 4 is 0 Å². The normalized spacial score (nSPS) is 23.6. The summed E-state index contributed by atoms with van der Waals surface area (Å²) in [7, 11) is 0. The van der Waals surface area contributed by atoms with Gasteiger partial charge in [-0.1, -0.05) is 30.3 Å². The Labute approximate surface area is 133 Å². The maximum absolute atomic E-state index is 4.64. The number of rotatable bonds is 3. The fraction of sp³-hybridized carbons (Fsp3) is 0.450. The smallest absolute Gasteiger partial charge is 0.0605 e. The zero-order valence-corrected chi connectivity index (χ0v) is 13.1. The highest BCUT2D eigenvalue weighted by Crippen LogP contribution is 2.29. The number of fused-ring (bicyclic) bond motifs is 2. The van der Waals surface area contributed by atoms with Crippen molar-refractivity contribution in [1.29, 1.82) is 0 Å². The first-order valence-corrected chi connectivity index (χ1v) is 8.64. The minimum absolute atomic E-state index is 0.460. The van der Waals surface area contributed by atoms with E-state index in [1.54, 1.807) is 11.1 Å². The Morgan fingerprint density at radius 1 is 0.955 bits per heavy atom. The number of nitrogens with zero attached hydrogens (tertiary/aromatic N) is 1. The highest BCUT2D eigenvalue weighted by atomic mass is 14.9. The zero-order valence-electron chi connectivity index (χ0n) is 13.1. The third-order valence-electron chi connectivity index (χ3n) is 5.30. The molecular formula is C20H24N2. The van der Waals surface area contributed by atoms with Gasteiger partial charge in [-0.3, -0.25) is 4.98 Å². The summed E-state index contributed by atoms with van der Waals surface area (Å²) in [5.41, 5.74) is 5.86. The van der Waals surface area contributed by atoms with Crippen molar-refractivity contribution in [3.63, 3.8) is 0 Å². The molecule has 22 heavy (non-hydrogen) atoms. The molecule has 1 aromatic carbocycles. The van der Waals surface area contributed by atoms with Gasteiger partial charge in [0, 0.05) is 12.2 Å². The van der Waals surface area contributed by atoms with E-state index in [0.29, 0.717) is 6.04 Å². The van der Waals surface area contributed by atoms with E-state index in [1.807, 2.05) is 6.20 Å². The fourth-order valence-electron chi connectivity index (χ4n) is 4.06. The largest absolute Gasteiger partial charge is 0.308 e. The maximum Gasteiger partial charge on any atom is 0.0605 e. The van der Waals surface area contributed by atoms with Crippen molar-refractivity contribution in [3.05, 3.63) is 65.0 Å². The quantitative estimate of drug-likeness (QED) is 0.929. The van der Waals surface area contributed by atoms with Gasteiger partial charge >= 0.3 is 0 Å². The molecule has 4 rings (SSSR count). The predicted octanol–water partition coefficient (Wildman–Crippen LogP) is 3.85. The van der Waals surface area contributed by atoms with E-state index in [9.17, 15) is 0 Å². The Balaban J connectivity index is 1.40. The molecule has 0 saturated carbocycles. The lowest BCUT2D eigenvalue weighted by Gasteiger charge is -2.29. The molecule has 2 atom stereocenters. The number of nitrogens with one attached hydrogen (secondary N) is 1. The van der Waals surface area contributed by atoms with Gasteiger partial charge in [0.05, 0.1) is 5.69 Å². The second kappa shape index (κ2) is 6.21. The van der Waals surface area contributed by atoms with Gasteiger partial charge in [0.15, 0.2) is 0 Å². The Hall–Kier alpha value is -1.67. The maximum atomic E-state index is 4.64. The summed E-state index contributed by atoms with van der Waals surface area (Å²) < 4.78 is 0. The van der Waals surface area contributed by atoms with Gasteiger partial charge in [0.25, 0.3) is 0 Å². The van der Waals surface area contributed by atoms with Crippen LogP contribution in [0.3, 0.4) is 0 Å². The van der Waals surface area contributed by atoms with E-state index >= 15 is 0 Å². The Bertz CT molecular complexity index is 650. The summed E-state index contributed by atoms with van der Waals surface area (Å²) in [6.45, 7) is 1.12. The summed E-state index contributed by atoms with van der Waals surface area (Å²) in [6.07, 6.45) is 9.42. The standard InChI is InChI=1S/C20H24N2/c1-2-6-18-13-15(10-11-16(18)5-1)14-22-19-9-3-7-17-8-4-12-21-20(17)19/h1-2,4-6,8,12,15,19,22H,3,7,9-11,13-14H2/t15-,19+/m1/s1. The van der Waals surface area contributed by atoms with Crippen LogP contribution in [-0.2, 0) is 19.3 Å². The lowest BCUT2D eigenvalue weighted by atomic mass is 9.83. The van der Waals surface area contributed by atoms with Crippen LogP contribution in [0.1, 0.15) is 47.7 Å². The molecule has 0 amide bonds. The average Bonchev–Trinajstić information content (AvgIpc) is 2.60. The molecule has 0 fully saturated rings. The van der Waals surface area contributed by atoms with Crippen LogP contribution in [0.5, 0.6) is 0 Å². The zero-order chi connectivity index (χ0) is 14.8. The number of hydrogen-bond donors (Lipinski definition) is 1. The number of pyridine rings is 1. The molecule has 1 aromatic heterocycles. The van der Waals surface area contributed by atoms with E-state index in [1.165, 1.54) is 49.8 Å². The number of benzene rings is 1. The second-order valence-electron chi connectivity index (χ2n) is 6.78. The van der Waals surface area contributed by atoms with Crippen LogP contribution in [0.25, 0.3) is 0 Å². The van der Waals surface area contributed by atoms with Gasteiger partial charge in [-0.2, -0.15) is 0 Å². The van der Waals surface area contributed by atoms with Gasteiger partial charge < -0.3 is 5.32 Å². The Kier molecular flexibility index (Phi) is 3.94. The molecule has 0 aliphatic heterocycles. The van der Waals surface area contributed by atoms with Gasteiger partial charge in [0.2, 0.25) is 0 Å². The van der Waals surface area contributed by atoms with E-state index < -0.39 is 0 Å². The molecule has 0 unspecified atom stereocenters. The predicted molar refractivity (Wildman–Crippen MR) is 89.9 cm³/mol. The number of aromatic nitrogens is 1. The monoisotopic (exact) mass is 292 g/mol. The number of aryl methyl sites for hydroxylation is 2. The molecule has 2 aromatic rings. The van der Waals surface area contributed by atoms with Gasteiger partial charge in [-0.25, -0.2) is 0 Å². The van der Waals surface area contributed by atoms with Crippen LogP contribution in [0.2, 0.25) is 0 Å². The molecule has 0 spiro atoms. The lowest BCUT2D eigenvalue weighted by molar-refractivity contribution is 0.369. The molecule has 114 valence electrons. The van der Waals surface area contributed by atoms with Crippen LogP contribution < -0.4 is 5.32 Å². The first kappa shape index (κ1) is 14.0. The minimum atomic E-state index is 0.460. The van der Waals surface area contributed by atoms with E-state index in [-0.39, 0.29) is 0 Å².